The van der Waals surface area contributed by atoms with E-state index in [9.17, 15) is 23.6 Å². The van der Waals surface area contributed by atoms with Crippen LogP contribution in [0.4, 0.5) is 16.2 Å². The molecular weight excluding hydrogens is 1120 g/mol. The van der Waals surface area contributed by atoms with Crippen molar-refractivity contribution in [3.8, 4) is 0 Å². The molecule has 2 aromatic rings. The summed E-state index contributed by atoms with van der Waals surface area (Å²) in [6, 6.07) is -0.135. The molecule has 0 spiro atoms. The molecule has 0 radical (unpaired) electrons. The molecule has 388 valence electrons. The molecule has 9 atom stereocenters. The van der Waals surface area contributed by atoms with Crippen molar-refractivity contribution in [1.82, 2.24) is 46.3 Å². The Morgan fingerprint density at radius 1 is 0.884 bits per heavy atom. The minimum Gasteiger partial charge on any atom is -0.338 e. The van der Waals surface area contributed by atoms with Crippen molar-refractivity contribution >= 4 is 52.5 Å². The Morgan fingerprint density at radius 2 is 1.54 bits per heavy atom. The predicted molar refractivity (Wildman–Crippen MR) is 248 cm³/mol. The number of hydrogen-bond acceptors (Lipinski definition) is 18. The summed E-state index contributed by atoms with van der Waals surface area (Å²) in [5, 5.41) is 17.7. The molecule has 4 bridgehead atoms. The molecule has 2 aromatic heterocycles. The van der Waals surface area contributed by atoms with E-state index in [1.807, 2.05) is 22.6 Å². The van der Waals surface area contributed by atoms with Crippen LogP contribution in [0.2, 0.25) is 0 Å². The quantitative estimate of drug-likeness (QED) is 0.0286. The Labute approximate surface area is 426 Å². The second-order valence-corrected chi connectivity index (χ2v) is 25.2. The van der Waals surface area contributed by atoms with Crippen molar-refractivity contribution in [2.24, 2.45) is 0 Å². The molecule has 6 rings (SSSR count). The number of carbonyl (C=O) groups excluding carboxylic acids is 4. The van der Waals surface area contributed by atoms with E-state index in [1.165, 1.54) is 0 Å². The number of nitrogens with two attached hydrogens (primary N) is 1. The number of allylic oxidation sites excluding steroid dienone is 1. The van der Waals surface area contributed by atoms with Gasteiger partial charge in [0.05, 0.1) is 18.6 Å². The minimum atomic E-state index is -0.933. The number of imidazole rings is 1. The normalized spacial score (nSPS) is 28.0. The van der Waals surface area contributed by atoms with Crippen LogP contribution in [0.1, 0.15) is 113 Å². The number of rotatable bonds is 18. The van der Waals surface area contributed by atoms with Crippen molar-refractivity contribution in [2.45, 2.75) is 145 Å². The van der Waals surface area contributed by atoms with Gasteiger partial charge in [0.2, 0.25) is 5.95 Å². The summed E-state index contributed by atoms with van der Waals surface area (Å²) in [6.45, 7) is 19.7. The van der Waals surface area contributed by atoms with Crippen LogP contribution in [0.25, 0.3) is 11.2 Å². The number of quaternary nitrogens is 1. The fourth-order valence-corrected chi connectivity index (χ4v) is 15.6. The zero-order valence-electron chi connectivity index (χ0n) is 41.5. The van der Waals surface area contributed by atoms with Crippen LogP contribution < -0.4 is 63.8 Å². The fourth-order valence-electron chi connectivity index (χ4n) is 8.56. The van der Waals surface area contributed by atoms with Gasteiger partial charge in [0, 0.05) is 12.1 Å². The van der Waals surface area contributed by atoms with Gasteiger partial charge in [-0.25, -0.2) is 9.37 Å². The Bertz CT molecular complexity index is 2120. The van der Waals surface area contributed by atoms with Crippen LogP contribution in [0.3, 0.4) is 0 Å². The summed E-state index contributed by atoms with van der Waals surface area (Å²) >= 11 is -1.75. The van der Waals surface area contributed by atoms with Crippen LogP contribution in [0.15, 0.2) is 18.2 Å². The number of carbonyl (C=O) groups is 4. The number of anilines is 2. The molecule has 0 saturated carbocycles. The molecule has 69 heavy (non-hydrogen) atoms. The van der Waals surface area contributed by atoms with E-state index in [1.54, 1.807) is 6.33 Å². The topological polar surface area (TPSA) is 224 Å². The van der Waals surface area contributed by atoms with Gasteiger partial charge >= 0.3 is 284 Å². The first kappa shape index (κ1) is 54.9. The number of halogens is 3. The maximum absolute atomic E-state index is 14.3. The summed E-state index contributed by atoms with van der Waals surface area (Å²) in [5.41, 5.74) is 1.96. The van der Waals surface area contributed by atoms with Crippen molar-refractivity contribution in [2.75, 3.05) is 75.7 Å². The molecule has 4 saturated heterocycles. The van der Waals surface area contributed by atoms with Gasteiger partial charge in [0.25, 0.3) is 0 Å². The molecule has 6 heterocycles. The van der Waals surface area contributed by atoms with Crippen LogP contribution >= 0.6 is 0 Å². The van der Waals surface area contributed by atoms with Crippen molar-refractivity contribution in [3.63, 3.8) is 0 Å². The van der Waals surface area contributed by atoms with E-state index < -0.39 is 67.0 Å². The Hall–Kier alpha value is -3.41. The van der Waals surface area contributed by atoms with Gasteiger partial charge in [0.1, 0.15) is 11.9 Å². The zero-order valence-corrected chi connectivity index (χ0v) is 45.8. The monoisotopic (exact) mass is 1200 g/mol. The Morgan fingerprint density at radius 3 is 2.14 bits per heavy atom. The van der Waals surface area contributed by atoms with Crippen LogP contribution in [0.5, 0.6) is 0 Å². The number of amides is 1. The standard InChI is InChI=1S/C45H73FI2N14O7/c1-9-31-23-57(35(12-4)47-61-28-40(66)69-62-67-38(64)26-58(24-32(61)10-2)36(13-5)48-60(31)27-39(65)68-62)25-37(63)51-19-16-14-15-18-50-21-34(33(49)11-3)53-42-41-43(59(29-52-41)45(6,7)8)55-44(54-42)56-20-17-30(46)22-56/h21,29-32,35-36,49-50H,9-20,22-28H2,1-8H3,(H,51,63)(H,53,54,55)/q-2/p+1/b34-21+,49-33?/t30-,31-,32-,35-,36-/m0/s1. The van der Waals surface area contributed by atoms with Gasteiger partial charge in [-0.15, -0.1) is 0 Å². The smallest absolute Gasteiger partial charge is 0.229 e. The number of unbranched alkanes of at least 4 members (excludes halogenated alkanes) is 2. The molecule has 4 fully saturated rings. The molecular formula is C45H74FI2N14O7-. The molecule has 4 unspecified atom stereocenters. The second kappa shape index (κ2) is 25.8. The fraction of sp³-hybridized carbons (Fsp3) is 0.733. The summed E-state index contributed by atoms with van der Waals surface area (Å²) in [4.78, 5) is 90.6. The molecule has 5 N–H and O–H groups in total. The van der Waals surface area contributed by atoms with E-state index in [-0.39, 0.29) is 64.4 Å². The number of nitrogens with zero attached hydrogens (tertiary/aromatic N) is 10. The van der Waals surface area contributed by atoms with Gasteiger partial charge in [0.15, 0.2) is 17.0 Å². The van der Waals surface area contributed by atoms with Gasteiger partial charge in [-0.1, -0.05) is 6.92 Å². The number of alkyl halides is 3. The van der Waals surface area contributed by atoms with Gasteiger partial charge < -0.3 is 20.2 Å². The predicted octanol–water partition coefficient (Wildman–Crippen LogP) is -3.37. The molecule has 4 aliphatic rings. The Balaban J connectivity index is 1.09. The molecule has 1 amide bonds. The molecule has 24 heteroatoms. The van der Waals surface area contributed by atoms with E-state index in [0.717, 1.165) is 51.5 Å². The van der Waals surface area contributed by atoms with E-state index in [4.69, 9.17) is 29.9 Å². The van der Waals surface area contributed by atoms with Crippen molar-refractivity contribution in [3.05, 3.63) is 18.2 Å². The third-order valence-electron chi connectivity index (χ3n) is 12.4. The number of fused-ring (bicyclic) bond motifs is 8. The largest absolute Gasteiger partial charge is 0.338 e. The maximum atomic E-state index is 14.3. The van der Waals surface area contributed by atoms with Gasteiger partial charge in [-0.2, -0.15) is 9.97 Å². The summed E-state index contributed by atoms with van der Waals surface area (Å²) in [5.74, 6) is -1.23. The molecule has 21 nitrogen and oxygen atoms in total. The summed E-state index contributed by atoms with van der Waals surface area (Å²) < 4.78 is 20.7. The van der Waals surface area contributed by atoms with E-state index in [2.05, 4.69) is 85.4 Å². The third-order valence-corrected chi connectivity index (χ3v) is 20.8. The number of aromatic nitrogens is 4. The minimum absolute atomic E-state index is 0.00364. The van der Waals surface area contributed by atoms with Crippen LogP contribution in [0, 0.1) is 5.41 Å². The first-order valence-corrected chi connectivity index (χ1v) is 29.0. The maximum Gasteiger partial charge on any atom is 0.229 e. The van der Waals surface area contributed by atoms with Gasteiger partial charge in [-0.05, 0) is 33.6 Å². The molecule has 4 aliphatic heterocycles. The third kappa shape index (κ3) is 15.1. The first-order chi connectivity index (χ1) is 33.0. The summed E-state index contributed by atoms with van der Waals surface area (Å²) in [7, 11) is 0. The molecule has 0 aromatic carbocycles. The molecule has 0 aliphatic carbocycles. The van der Waals surface area contributed by atoms with E-state index >= 15 is 0 Å². The van der Waals surface area contributed by atoms with Crippen LogP contribution in [-0.2, 0) is 39.2 Å². The first-order valence-electron chi connectivity index (χ1n) is 24.5. The van der Waals surface area contributed by atoms with Gasteiger partial charge in [-0.3, -0.25) is 0 Å². The average Bonchev–Trinajstić information content (AvgIpc) is 3.95. The van der Waals surface area contributed by atoms with E-state index in [0.29, 0.717) is 78.7 Å². The van der Waals surface area contributed by atoms with Crippen molar-refractivity contribution < 1.29 is 86.4 Å². The second-order valence-electron chi connectivity index (χ2n) is 18.7. The number of hydrogen-bond donors (Lipinski definition) is 4. The van der Waals surface area contributed by atoms with Crippen molar-refractivity contribution in [1.29, 1.82) is 5.41 Å². The summed E-state index contributed by atoms with van der Waals surface area (Å²) in [6.07, 6.45) is 9.22. The average molecular weight is 1200 g/mol. The number of nitrogens with one attached hydrogen (secondary N) is 3. The Kier molecular flexibility index (Phi) is 20.5. The van der Waals surface area contributed by atoms with Crippen LogP contribution in [-0.4, -0.2) is 162 Å². The zero-order chi connectivity index (χ0) is 49.8. The SMILES string of the molecule is CCC(=N)/C(=C\[NH2+]CCCCCNC(=O)CN1C[C@H](CC)N2CC(=O)ON3OC(=O)CN(C[C@H](CC)N(CC(=O)O3)[I-][C@@H]1CC)[C@@H](CC)[I-]2)Nc1nc(N2CC[C@H](F)C2)nc2c1ncn2C(C)(C)C.